The first-order chi connectivity index (χ1) is 7.43. The van der Waals surface area contributed by atoms with Gasteiger partial charge in [-0.2, -0.15) is 5.26 Å². The van der Waals surface area contributed by atoms with Crippen LogP contribution in [0.3, 0.4) is 0 Å². The zero-order valence-corrected chi connectivity index (χ0v) is 8.73. The summed E-state index contributed by atoms with van der Waals surface area (Å²) in [6, 6.07) is 12.1. The van der Waals surface area contributed by atoms with E-state index in [2.05, 4.69) is 12.1 Å². The second-order valence-electron chi connectivity index (χ2n) is 3.21. The minimum absolute atomic E-state index is 0.669. The highest BCUT2D eigenvalue weighted by Crippen LogP contribution is 2.01. The first-order valence-electron chi connectivity index (χ1n) is 5.10. The van der Waals surface area contributed by atoms with Crippen molar-refractivity contribution in [1.29, 1.82) is 5.26 Å². The maximum absolute atomic E-state index is 8.25. The summed E-state index contributed by atoms with van der Waals surface area (Å²) < 4.78 is 5.48. The molecule has 0 bridgehead atoms. The van der Waals surface area contributed by atoms with Gasteiger partial charge < -0.3 is 4.74 Å². The first kappa shape index (κ1) is 11.5. The maximum Gasteiger partial charge on any atom is 0.0908 e. The lowest BCUT2D eigenvalue weighted by Crippen LogP contribution is -1.94. The van der Waals surface area contributed by atoms with Crippen LogP contribution < -0.4 is 0 Å². The molecule has 0 fully saturated rings. The molecule has 0 spiro atoms. The van der Waals surface area contributed by atoms with E-state index in [0.717, 1.165) is 19.4 Å². The van der Waals surface area contributed by atoms with Crippen LogP contribution >= 0.6 is 0 Å². The molecule has 2 nitrogen and oxygen atoms in total. The van der Waals surface area contributed by atoms with E-state index < -0.39 is 0 Å². The number of nitrogens with zero attached hydrogens (tertiary/aromatic N) is 1. The number of rotatable bonds is 6. The molecule has 0 N–H and O–H groups in total. The van der Waals surface area contributed by atoms with Gasteiger partial charge in [-0.15, -0.1) is 0 Å². The molecular weight excluding hydrogens is 186 g/mol. The van der Waals surface area contributed by atoms with E-state index in [4.69, 9.17) is 10.00 Å². The van der Waals surface area contributed by atoms with Crippen LogP contribution in [0.5, 0.6) is 0 Å². The van der Waals surface area contributed by atoms with Crippen molar-refractivity contribution < 1.29 is 4.74 Å². The average molecular weight is 201 g/mol. The van der Waals surface area contributed by atoms with Gasteiger partial charge in [0, 0.05) is 12.7 Å². The summed E-state index contributed by atoms with van der Waals surface area (Å²) >= 11 is 0. The average Bonchev–Trinajstić information content (AvgIpc) is 2.29. The lowest BCUT2D eigenvalue weighted by Gasteiger charge is -2.02. The SMILES string of the molecule is N#C/C=C/CCCOCc1ccccc1. The van der Waals surface area contributed by atoms with Crippen LogP contribution in [0, 0.1) is 11.3 Å². The summed E-state index contributed by atoms with van der Waals surface area (Å²) in [5.41, 5.74) is 1.20. The first-order valence-corrected chi connectivity index (χ1v) is 5.10. The summed E-state index contributed by atoms with van der Waals surface area (Å²) in [6.07, 6.45) is 5.25. The molecular formula is C13H15NO. The van der Waals surface area contributed by atoms with Gasteiger partial charge >= 0.3 is 0 Å². The van der Waals surface area contributed by atoms with Crippen molar-refractivity contribution in [3.05, 3.63) is 48.0 Å². The molecule has 0 amide bonds. The van der Waals surface area contributed by atoms with Gasteiger partial charge in [0.2, 0.25) is 0 Å². The molecule has 0 aliphatic carbocycles. The molecule has 0 heterocycles. The Kier molecular flexibility index (Phi) is 5.96. The van der Waals surface area contributed by atoms with Crippen LogP contribution in [0.2, 0.25) is 0 Å². The molecule has 15 heavy (non-hydrogen) atoms. The second-order valence-corrected chi connectivity index (χ2v) is 3.21. The number of hydrogen-bond acceptors (Lipinski definition) is 2. The third kappa shape index (κ3) is 5.66. The summed E-state index contributed by atoms with van der Waals surface area (Å²) in [5, 5.41) is 8.25. The summed E-state index contributed by atoms with van der Waals surface area (Å²) in [4.78, 5) is 0. The summed E-state index contributed by atoms with van der Waals surface area (Å²) in [5.74, 6) is 0. The van der Waals surface area contributed by atoms with Crippen LogP contribution in [-0.4, -0.2) is 6.61 Å². The van der Waals surface area contributed by atoms with Crippen molar-refractivity contribution in [2.45, 2.75) is 19.4 Å². The minimum atomic E-state index is 0.669. The Morgan fingerprint density at radius 2 is 2.07 bits per heavy atom. The van der Waals surface area contributed by atoms with Crippen LogP contribution in [-0.2, 0) is 11.3 Å². The molecule has 0 aromatic heterocycles. The molecule has 0 aliphatic rings. The number of nitriles is 1. The number of benzene rings is 1. The largest absolute Gasteiger partial charge is 0.377 e. The van der Waals surface area contributed by atoms with E-state index in [9.17, 15) is 0 Å². The number of allylic oxidation sites excluding steroid dienone is 2. The van der Waals surface area contributed by atoms with Crippen LogP contribution in [0.4, 0.5) is 0 Å². The quantitative estimate of drug-likeness (QED) is 0.523. The lowest BCUT2D eigenvalue weighted by molar-refractivity contribution is 0.119. The van der Waals surface area contributed by atoms with E-state index in [1.807, 2.05) is 30.3 Å². The molecule has 0 radical (unpaired) electrons. The predicted octanol–water partition coefficient (Wildman–Crippen LogP) is 3.06. The minimum Gasteiger partial charge on any atom is -0.377 e. The Labute approximate surface area is 90.8 Å². The topological polar surface area (TPSA) is 33.0 Å². The summed E-state index contributed by atoms with van der Waals surface area (Å²) in [7, 11) is 0. The predicted molar refractivity (Wildman–Crippen MR) is 60.1 cm³/mol. The Hall–Kier alpha value is -1.59. The van der Waals surface area contributed by atoms with Crippen molar-refractivity contribution >= 4 is 0 Å². The second kappa shape index (κ2) is 7.78. The molecule has 0 saturated heterocycles. The monoisotopic (exact) mass is 201 g/mol. The van der Waals surface area contributed by atoms with Crippen LogP contribution in [0.25, 0.3) is 0 Å². The number of hydrogen-bond donors (Lipinski definition) is 0. The fraction of sp³-hybridized carbons (Fsp3) is 0.308. The molecule has 1 aromatic rings. The fourth-order valence-electron chi connectivity index (χ4n) is 1.20. The normalized spacial score (nSPS) is 10.3. The van der Waals surface area contributed by atoms with E-state index in [0.29, 0.717) is 6.61 Å². The van der Waals surface area contributed by atoms with Gasteiger partial charge in [0.25, 0.3) is 0 Å². The van der Waals surface area contributed by atoms with Crippen molar-refractivity contribution in [3.63, 3.8) is 0 Å². The molecule has 0 saturated carbocycles. The summed E-state index contributed by atoms with van der Waals surface area (Å²) in [6.45, 7) is 1.41. The van der Waals surface area contributed by atoms with Gasteiger partial charge in [0.05, 0.1) is 12.7 Å². The van der Waals surface area contributed by atoms with Gasteiger partial charge in [-0.1, -0.05) is 36.4 Å². The molecule has 2 heteroatoms. The number of ether oxygens (including phenoxy) is 1. The molecule has 78 valence electrons. The highest BCUT2D eigenvalue weighted by Gasteiger charge is 1.90. The molecule has 1 aromatic carbocycles. The lowest BCUT2D eigenvalue weighted by atomic mass is 10.2. The van der Waals surface area contributed by atoms with E-state index in [1.54, 1.807) is 0 Å². The molecule has 0 unspecified atom stereocenters. The van der Waals surface area contributed by atoms with Crippen molar-refractivity contribution in [2.24, 2.45) is 0 Å². The zero-order valence-electron chi connectivity index (χ0n) is 8.73. The van der Waals surface area contributed by atoms with Gasteiger partial charge in [0.1, 0.15) is 0 Å². The fourth-order valence-corrected chi connectivity index (χ4v) is 1.20. The van der Waals surface area contributed by atoms with E-state index in [1.165, 1.54) is 11.6 Å². The molecule has 0 atom stereocenters. The smallest absolute Gasteiger partial charge is 0.0908 e. The Balaban J connectivity index is 2.03. The van der Waals surface area contributed by atoms with E-state index in [-0.39, 0.29) is 0 Å². The zero-order chi connectivity index (χ0) is 10.8. The third-order valence-electron chi connectivity index (χ3n) is 1.96. The Morgan fingerprint density at radius 1 is 1.27 bits per heavy atom. The van der Waals surface area contributed by atoms with Crippen molar-refractivity contribution in [1.82, 2.24) is 0 Å². The van der Waals surface area contributed by atoms with Crippen LogP contribution in [0.15, 0.2) is 42.5 Å². The molecule has 0 aliphatic heterocycles. The number of unbranched alkanes of at least 4 members (excludes halogenated alkanes) is 1. The Morgan fingerprint density at radius 3 is 2.80 bits per heavy atom. The van der Waals surface area contributed by atoms with Gasteiger partial charge in [-0.3, -0.25) is 0 Å². The van der Waals surface area contributed by atoms with Crippen LogP contribution in [0.1, 0.15) is 18.4 Å². The molecule has 1 rings (SSSR count). The third-order valence-corrected chi connectivity index (χ3v) is 1.96. The van der Waals surface area contributed by atoms with Gasteiger partial charge in [-0.25, -0.2) is 0 Å². The van der Waals surface area contributed by atoms with Gasteiger partial charge in [-0.05, 0) is 18.4 Å². The van der Waals surface area contributed by atoms with E-state index >= 15 is 0 Å². The standard InChI is InChI=1S/C13H15NO/c14-10-6-1-2-7-11-15-12-13-8-4-3-5-9-13/h1,3-6,8-9H,2,7,11-12H2/b6-1+. The Bertz CT molecular complexity index is 324. The highest BCUT2D eigenvalue weighted by atomic mass is 16.5. The van der Waals surface area contributed by atoms with Gasteiger partial charge in [0.15, 0.2) is 0 Å². The highest BCUT2D eigenvalue weighted by molar-refractivity contribution is 5.13. The van der Waals surface area contributed by atoms with Crippen molar-refractivity contribution in [2.75, 3.05) is 6.61 Å². The maximum atomic E-state index is 8.25. The van der Waals surface area contributed by atoms with Crippen molar-refractivity contribution in [3.8, 4) is 6.07 Å².